The second-order valence-electron chi connectivity index (χ2n) is 7.09. The number of amides is 2. The molecule has 5 nitrogen and oxygen atoms in total. The minimum Gasteiger partial charge on any atom is -0.444 e. The van der Waals surface area contributed by atoms with Crippen LogP contribution in [0.1, 0.15) is 20.8 Å². The van der Waals surface area contributed by atoms with Crippen molar-refractivity contribution in [2.75, 3.05) is 18.4 Å². The Hall–Kier alpha value is -2.04. The first-order valence-electron chi connectivity index (χ1n) is 7.69. The maximum Gasteiger partial charge on any atom is 0.410 e. The van der Waals surface area contributed by atoms with Crippen molar-refractivity contribution in [2.24, 2.45) is 17.8 Å². The summed E-state index contributed by atoms with van der Waals surface area (Å²) in [5.74, 6) is 0.636. The van der Waals surface area contributed by atoms with E-state index < -0.39 is 5.60 Å². The van der Waals surface area contributed by atoms with Crippen LogP contribution in [-0.4, -0.2) is 35.6 Å². The lowest BCUT2D eigenvalue weighted by molar-refractivity contribution is -0.118. The molecule has 1 aliphatic carbocycles. The molecular formula is C17H22N2O3. The molecule has 1 saturated heterocycles. The maximum absolute atomic E-state index is 12.2. The fourth-order valence-corrected chi connectivity index (χ4v) is 3.14. The van der Waals surface area contributed by atoms with E-state index in [0.717, 1.165) is 5.69 Å². The number of piperidine rings is 1. The van der Waals surface area contributed by atoms with E-state index in [2.05, 4.69) is 5.32 Å². The largest absolute Gasteiger partial charge is 0.444 e. The highest BCUT2D eigenvalue weighted by Gasteiger charge is 2.60. The number of rotatable bonds is 2. The van der Waals surface area contributed by atoms with Gasteiger partial charge < -0.3 is 15.0 Å². The molecule has 22 heavy (non-hydrogen) atoms. The van der Waals surface area contributed by atoms with Gasteiger partial charge in [0.25, 0.3) is 0 Å². The van der Waals surface area contributed by atoms with Gasteiger partial charge in [0.2, 0.25) is 5.91 Å². The van der Waals surface area contributed by atoms with Crippen molar-refractivity contribution in [3.8, 4) is 0 Å². The highest BCUT2D eigenvalue weighted by atomic mass is 16.6. The van der Waals surface area contributed by atoms with Gasteiger partial charge in [-0.1, -0.05) is 18.2 Å². The summed E-state index contributed by atoms with van der Waals surface area (Å²) in [6, 6.07) is 9.47. The van der Waals surface area contributed by atoms with Crippen LogP contribution in [-0.2, 0) is 9.53 Å². The summed E-state index contributed by atoms with van der Waals surface area (Å²) in [6.45, 7) is 6.81. The van der Waals surface area contributed by atoms with Crippen molar-refractivity contribution in [2.45, 2.75) is 26.4 Å². The zero-order chi connectivity index (χ0) is 15.9. The molecule has 2 unspecified atom stereocenters. The Morgan fingerprint density at radius 2 is 1.73 bits per heavy atom. The van der Waals surface area contributed by atoms with Gasteiger partial charge in [0.15, 0.2) is 0 Å². The summed E-state index contributed by atoms with van der Waals surface area (Å²) in [7, 11) is 0. The van der Waals surface area contributed by atoms with Crippen LogP contribution in [0.15, 0.2) is 30.3 Å². The number of hydrogen-bond acceptors (Lipinski definition) is 3. The van der Waals surface area contributed by atoms with E-state index in [4.69, 9.17) is 4.74 Å². The van der Waals surface area contributed by atoms with Gasteiger partial charge in [-0.15, -0.1) is 0 Å². The second-order valence-corrected chi connectivity index (χ2v) is 7.09. The zero-order valence-electron chi connectivity index (χ0n) is 13.2. The molecule has 1 aromatic rings. The fraction of sp³-hybridized carbons (Fsp3) is 0.529. The summed E-state index contributed by atoms with van der Waals surface area (Å²) < 4.78 is 5.37. The van der Waals surface area contributed by atoms with Crippen LogP contribution in [0.4, 0.5) is 10.5 Å². The standard InChI is InChI=1S/C17H22N2O3/c1-17(2,3)22-16(21)19-9-12-13(10-19)14(12)15(20)18-11-7-5-4-6-8-11/h4-8,12-14H,9-10H2,1-3H3,(H,18,20)/t12-,13?,14?/m1/s1. The molecular weight excluding hydrogens is 280 g/mol. The van der Waals surface area contributed by atoms with Gasteiger partial charge >= 0.3 is 6.09 Å². The Morgan fingerprint density at radius 3 is 2.27 bits per heavy atom. The lowest BCUT2D eigenvalue weighted by Gasteiger charge is -2.25. The van der Waals surface area contributed by atoms with Gasteiger partial charge in [0.05, 0.1) is 0 Å². The topological polar surface area (TPSA) is 58.6 Å². The number of fused-ring (bicyclic) bond motifs is 1. The molecule has 0 aromatic heterocycles. The van der Waals surface area contributed by atoms with E-state index in [1.54, 1.807) is 4.90 Å². The van der Waals surface area contributed by atoms with Crippen molar-refractivity contribution in [3.63, 3.8) is 0 Å². The number of nitrogens with one attached hydrogen (secondary N) is 1. The quantitative estimate of drug-likeness (QED) is 0.914. The van der Waals surface area contributed by atoms with Gasteiger partial charge in [-0.2, -0.15) is 0 Å². The Labute approximate surface area is 130 Å². The third kappa shape index (κ3) is 3.08. The van der Waals surface area contributed by atoms with Crippen LogP contribution < -0.4 is 5.32 Å². The van der Waals surface area contributed by atoms with Gasteiger partial charge in [-0.05, 0) is 44.7 Å². The summed E-state index contributed by atoms with van der Waals surface area (Å²) in [6.07, 6.45) is -0.276. The molecule has 1 N–H and O–H groups in total. The van der Waals surface area contributed by atoms with Gasteiger partial charge in [0.1, 0.15) is 5.60 Å². The predicted octanol–water partition coefficient (Wildman–Crippen LogP) is 2.74. The molecule has 0 radical (unpaired) electrons. The number of para-hydroxylation sites is 1. The van der Waals surface area contributed by atoms with E-state index in [0.29, 0.717) is 13.1 Å². The van der Waals surface area contributed by atoms with Crippen LogP contribution in [0, 0.1) is 17.8 Å². The van der Waals surface area contributed by atoms with E-state index in [-0.39, 0.29) is 29.8 Å². The number of carbonyl (C=O) groups excluding carboxylic acids is 2. The first-order valence-corrected chi connectivity index (χ1v) is 7.69. The highest BCUT2D eigenvalue weighted by Crippen LogP contribution is 2.52. The molecule has 1 heterocycles. The molecule has 2 fully saturated rings. The van der Waals surface area contributed by atoms with Crippen LogP contribution in [0.3, 0.4) is 0 Å². The Kier molecular flexibility index (Phi) is 3.59. The molecule has 1 aromatic carbocycles. The molecule has 3 rings (SSSR count). The van der Waals surface area contributed by atoms with Crippen molar-refractivity contribution < 1.29 is 14.3 Å². The summed E-state index contributed by atoms with van der Waals surface area (Å²) in [5, 5.41) is 2.94. The van der Waals surface area contributed by atoms with Crippen molar-refractivity contribution in [1.82, 2.24) is 4.90 Å². The van der Waals surface area contributed by atoms with Gasteiger partial charge in [-0.25, -0.2) is 4.79 Å². The summed E-state index contributed by atoms with van der Waals surface area (Å²) in [5.41, 5.74) is 0.343. The van der Waals surface area contributed by atoms with E-state index >= 15 is 0 Å². The molecule has 3 atom stereocenters. The van der Waals surface area contributed by atoms with Crippen LogP contribution in [0.5, 0.6) is 0 Å². The summed E-state index contributed by atoms with van der Waals surface area (Å²) in [4.78, 5) is 26.0. The van der Waals surface area contributed by atoms with Crippen LogP contribution >= 0.6 is 0 Å². The molecule has 1 saturated carbocycles. The van der Waals surface area contributed by atoms with Gasteiger partial charge in [-0.3, -0.25) is 4.79 Å². The minimum absolute atomic E-state index is 0.0268. The molecule has 1 aliphatic heterocycles. The molecule has 0 bridgehead atoms. The third-order valence-electron chi connectivity index (χ3n) is 4.19. The number of hydrogen-bond donors (Lipinski definition) is 1. The number of nitrogens with zero attached hydrogens (tertiary/aromatic N) is 1. The van der Waals surface area contributed by atoms with Crippen molar-refractivity contribution in [3.05, 3.63) is 30.3 Å². The fourth-order valence-electron chi connectivity index (χ4n) is 3.14. The minimum atomic E-state index is -0.478. The smallest absolute Gasteiger partial charge is 0.410 e. The van der Waals surface area contributed by atoms with Gasteiger partial charge in [0, 0.05) is 24.7 Å². The second kappa shape index (κ2) is 5.30. The number of likely N-dealkylation sites (tertiary alicyclic amines) is 1. The number of benzene rings is 1. The Balaban J connectivity index is 1.50. The highest BCUT2D eigenvalue weighted by molar-refractivity contribution is 5.95. The van der Waals surface area contributed by atoms with Crippen molar-refractivity contribution in [1.29, 1.82) is 0 Å². The number of anilines is 1. The normalized spacial score (nSPS) is 26.3. The maximum atomic E-state index is 12.2. The molecule has 2 amide bonds. The average Bonchev–Trinajstić information content (AvgIpc) is 2.93. The monoisotopic (exact) mass is 302 g/mol. The van der Waals surface area contributed by atoms with Crippen LogP contribution in [0.2, 0.25) is 0 Å². The lowest BCUT2D eigenvalue weighted by atomic mass is 10.2. The SMILES string of the molecule is CC(C)(C)OC(=O)N1CC2C(C(=O)Nc3ccccc3)[C@@H]2C1. The van der Waals surface area contributed by atoms with E-state index in [1.165, 1.54) is 0 Å². The third-order valence-corrected chi connectivity index (χ3v) is 4.19. The molecule has 0 spiro atoms. The number of ether oxygens (including phenoxy) is 1. The predicted molar refractivity (Wildman–Crippen MR) is 83.3 cm³/mol. The molecule has 2 aliphatic rings. The molecule has 118 valence electrons. The Bertz CT molecular complexity index is 567. The first-order chi connectivity index (χ1) is 10.3. The Morgan fingerprint density at radius 1 is 1.14 bits per heavy atom. The van der Waals surface area contributed by atoms with E-state index in [1.807, 2.05) is 51.1 Å². The van der Waals surface area contributed by atoms with E-state index in [9.17, 15) is 9.59 Å². The molecule has 5 heteroatoms. The van der Waals surface area contributed by atoms with Crippen LogP contribution in [0.25, 0.3) is 0 Å². The van der Waals surface area contributed by atoms with Crippen molar-refractivity contribution >= 4 is 17.7 Å². The summed E-state index contributed by atoms with van der Waals surface area (Å²) >= 11 is 0. The average molecular weight is 302 g/mol. The first kappa shape index (κ1) is 14.9. The zero-order valence-corrected chi connectivity index (χ0v) is 13.2. The number of carbonyl (C=O) groups is 2. The lowest BCUT2D eigenvalue weighted by Crippen LogP contribution is -2.38.